The number of hydrogen-bond acceptors (Lipinski definition) is 3. The maximum absolute atomic E-state index is 13.3. The van der Waals surface area contributed by atoms with E-state index in [9.17, 15) is 14.0 Å². The summed E-state index contributed by atoms with van der Waals surface area (Å²) in [7, 11) is 0. The first kappa shape index (κ1) is 11.2. The molecule has 0 radical (unpaired) electrons. The lowest BCUT2D eigenvalue weighted by Crippen LogP contribution is -2.31. The Kier molecular flexibility index (Phi) is 3.38. The number of halogens is 1. The Morgan fingerprint density at radius 1 is 1.27 bits per heavy atom. The fourth-order valence-electron chi connectivity index (χ4n) is 1.03. The van der Waals surface area contributed by atoms with Gasteiger partial charge in [-0.1, -0.05) is 12.1 Å². The molecule has 0 saturated carbocycles. The first-order valence-corrected chi connectivity index (χ1v) is 4.26. The van der Waals surface area contributed by atoms with Gasteiger partial charge in [-0.15, -0.1) is 5.06 Å². The van der Waals surface area contributed by atoms with Crippen molar-refractivity contribution in [1.29, 1.82) is 0 Å². The molecule has 0 bridgehead atoms. The molecule has 0 unspecified atom stereocenters. The Hall–Kier alpha value is -1.91. The quantitative estimate of drug-likeness (QED) is 0.663. The third-order valence-electron chi connectivity index (χ3n) is 1.58. The summed E-state index contributed by atoms with van der Waals surface area (Å²) in [5.41, 5.74) is -0.0831. The SMILES string of the molecule is CC(=O)ON(C(C)=O)c1ccccc1F. The molecule has 0 atom stereocenters. The molecule has 1 aromatic rings. The molecule has 15 heavy (non-hydrogen) atoms. The van der Waals surface area contributed by atoms with Crippen LogP contribution >= 0.6 is 0 Å². The molecule has 80 valence electrons. The molecule has 0 aliphatic heterocycles. The van der Waals surface area contributed by atoms with Crippen LogP contribution in [0.25, 0.3) is 0 Å². The largest absolute Gasteiger partial charge is 0.333 e. The van der Waals surface area contributed by atoms with E-state index in [4.69, 9.17) is 0 Å². The van der Waals surface area contributed by atoms with Crippen molar-refractivity contribution in [1.82, 2.24) is 0 Å². The summed E-state index contributed by atoms with van der Waals surface area (Å²) < 4.78 is 13.3. The number of anilines is 1. The number of amides is 1. The van der Waals surface area contributed by atoms with Crippen LogP contribution in [0.1, 0.15) is 13.8 Å². The lowest BCUT2D eigenvalue weighted by atomic mass is 10.3. The number of rotatable bonds is 1. The van der Waals surface area contributed by atoms with E-state index >= 15 is 0 Å². The summed E-state index contributed by atoms with van der Waals surface area (Å²) in [6, 6.07) is 5.54. The van der Waals surface area contributed by atoms with Gasteiger partial charge in [-0.3, -0.25) is 4.79 Å². The van der Waals surface area contributed by atoms with Crippen LogP contribution in [0.15, 0.2) is 24.3 Å². The summed E-state index contributed by atoms with van der Waals surface area (Å²) in [5, 5.41) is 0.623. The van der Waals surface area contributed by atoms with Gasteiger partial charge in [-0.25, -0.2) is 9.18 Å². The highest BCUT2D eigenvalue weighted by molar-refractivity contribution is 5.91. The van der Waals surface area contributed by atoms with E-state index in [2.05, 4.69) is 4.84 Å². The number of benzene rings is 1. The molecule has 0 fully saturated rings. The molecule has 1 aromatic carbocycles. The highest BCUT2D eigenvalue weighted by atomic mass is 19.1. The van der Waals surface area contributed by atoms with E-state index < -0.39 is 17.7 Å². The molecule has 1 rings (SSSR count). The number of carbonyl (C=O) groups excluding carboxylic acids is 2. The van der Waals surface area contributed by atoms with Gasteiger partial charge in [0.15, 0.2) is 0 Å². The minimum absolute atomic E-state index is 0.0831. The zero-order valence-corrected chi connectivity index (χ0v) is 8.36. The van der Waals surface area contributed by atoms with Gasteiger partial charge < -0.3 is 4.84 Å². The molecule has 1 amide bonds. The average molecular weight is 211 g/mol. The van der Waals surface area contributed by atoms with Crippen molar-refractivity contribution in [2.45, 2.75) is 13.8 Å². The van der Waals surface area contributed by atoms with Gasteiger partial charge in [-0.2, -0.15) is 0 Å². The van der Waals surface area contributed by atoms with Gasteiger partial charge in [0.2, 0.25) is 0 Å². The van der Waals surface area contributed by atoms with E-state index in [0.29, 0.717) is 5.06 Å². The van der Waals surface area contributed by atoms with Crippen LogP contribution in [0.3, 0.4) is 0 Å². The van der Waals surface area contributed by atoms with Crippen LogP contribution in [0.2, 0.25) is 0 Å². The van der Waals surface area contributed by atoms with Crippen LogP contribution in [0, 0.1) is 5.82 Å². The second-order valence-electron chi connectivity index (χ2n) is 2.85. The Morgan fingerprint density at radius 3 is 2.33 bits per heavy atom. The second kappa shape index (κ2) is 4.54. The molecular weight excluding hydrogens is 201 g/mol. The van der Waals surface area contributed by atoms with E-state index in [0.717, 1.165) is 6.92 Å². The lowest BCUT2D eigenvalue weighted by Gasteiger charge is -2.18. The van der Waals surface area contributed by atoms with Crippen LogP contribution in [-0.2, 0) is 14.4 Å². The van der Waals surface area contributed by atoms with Crippen molar-refractivity contribution < 1.29 is 18.8 Å². The predicted octanol–water partition coefficient (Wildman–Crippen LogP) is 1.66. The van der Waals surface area contributed by atoms with Crippen molar-refractivity contribution in [2.75, 3.05) is 5.06 Å². The van der Waals surface area contributed by atoms with E-state index in [-0.39, 0.29) is 5.69 Å². The van der Waals surface area contributed by atoms with E-state index in [1.54, 1.807) is 0 Å². The molecule has 0 aliphatic rings. The highest BCUT2D eigenvalue weighted by Crippen LogP contribution is 2.19. The zero-order chi connectivity index (χ0) is 11.4. The topological polar surface area (TPSA) is 46.6 Å². The van der Waals surface area contributed by atoms with Crippen molar-refractivity contribution in [3.05, 3.63) is 30.1 Å². The minimum atomic E-state index is -0.687. The summed E-state index contributed by atoms with van der Waals surface area (Å²) in [4.78, 5) is 26.4. The Balaban J connectivity index is 3.04. The maximum atomic E-state index is 13.3. The Labute approximate surface area is 86.2 Å². The molecule has 0 aliphatic carbocycles. The second-order valence-corrected chi connectivity index (χ2v) is 2.85. The standard InChI is InChI=1S/C10H10FNO3/c1-7(13)12(15-8(2)14)10-6-4-3-5-9(10)11/h3-6H,1-2H3. The number of carbonyl (C=O) groups is 2. The van der Waals surface area contributed by atoms with Crippen molar-refractivity contribution in [3.8, 4) is 0 Å². The Bertz CT molecular complexity index is 392. The van der Waals surface area contributed by atoms with Crippen LogP contribution in [0.5, 0.6) is 0 Å². The third-order valence-corrected chi connectivity index (χ3v) is 1.58. The van der Waals surface area contributed by atoms with Crippen molar-refractivity contribution >= 4 is 17.6 Å². The number of nitrogens with zero attached hydrogens (tertiary/aromatic N) is 1. The average Bonchev–Trinajstić information content (AvgIpc) is 2.15. The van der Waals surface area contributed by atoms with Gasteiger partial charge in [-0.05, 0) is 12.1 Å². The molecule has 0 aromatic heterocycles. The Morgan fingerprint density at radius 2 is 1.87 bits per heavy atom. The smallest absolute Gasteiger partial charge is 0.330 e. The summed E-state index contributed by atoms with van der Waals surface area (Å²) in [6.45, 7) is 2.31. The predicted molar refractivity (Wildman–Crippen MR) is 51.3 cm³/mol. The number of hydroxylamine groups is 1. The molecule has 0 heterocycles. The number of para-hydroxylation sites is 1. The van der Waals surface area contributed by atoms with Gasteiger partial charge in [0.1, 0.15) is 11.5 Å². The lowest BCUT2D eigenvalue weighted by molar-refractivity contribution is -0.147. The van der Waals surface area contributed by atoms with Gasteiger partial charge >= 0.3 is 5.97 Å². The van der Waals surface area contributed by atoms with E-state index in [1.807, 2.05) is 0 Å². The van der Waals surface area contributed by atoms with Crippen molar-refractivity contribution in [3.63, 3.8) is 0 Å². The zero-order valence-electron chi connectivity index (χ0n) is 8.36. The summed E-state index contributed by atoms with van der Waals surface area (Å²) in [5.74, 6) is -1.89. The molecule has 0 saturated heterocycles. The third kappa shape index (κ3) is 2.77. The van der Waals surface area contributed by atoms with Gasteiger partial charge in [0.05, 0.1) is 0 Å². The summed E-state index contributed by atoms with van der Waals surface area (Å²) >= 11 is 0. The maximum Gasteiger partial charge on any atom is 0.330 e. The normalized spacial score (nSPS) is 9.53. The molecular formula is C10H10FNO3. The fourth-order valence-corrected chi connectivity index (χ4v) is 1.03. The number of hydrogen-bond donors (Lipinski definition) is 0. The van der Waals surface area contributed by atoms with E-state index in [1.165, 1.54) is 31.2 Å². The fraction of sp³-hybridized carbons (Fsp3) is 0.200. The van der Waals surface area contributed by atoms with Gasteiger partial charge in [0, 0.05) is 13.8 Å². The first-order chi connectivity index (χ1) is 7.02. The molecule has 5 heteroatoms. The minimum Gasteiger partial charge on any atom is -0.333 e. The molecule has 0 N–H and O–H groups in total. The van der Waals surface area contributed by atoms with Crippen LogP contribution < -0.4 is 5.06 Å². The molecule has 4 nitrogen and oxygen atoms in total. The summed E-state index contributed by atoms with van der Waals surface area (Å²) in [6.07, 6.45) is 0. The van der Waals surface area contributed by atoms with Crippen LogP contribution in [-0.4, -0.2) is 11.9 Å². The first-order valence-electron chi connectivity index (χ1n) is 4.26. The van der Waals surface area contributed by atoms with Crippen molar-refractivity contribution in [2.24, 2.45) is 0 Å². The highest BCUT2D eigenvalue weighted by Gasteiger charge is 2.18. The van der Waals surface area contributed by atoms with Gasteiger partial charge in [0.25, 0.3) is 5.91 Å². The monoisotopic (exact) mass is 211 g/mol. The van der Waals surface area contributed by atoms with Crippen LogP contribution in [0.4, 0.5) is 10.1 Å². The molecule has 0 spiro atoms.